The minimum atomic E-state index is -0.669. The lowest BCUT2D eigenvalue weighted by atomic mass is 9.85. The maximum atomic E-state index is 11.6. The topological polar surface area (TPSA) is 20.2 Å². The predicted molar refractivity (Wildman–Crippen MR) is 47.4 cm³/mol. The Hall–Kier alpha value is -0.630. The van der Waals surface area contributed by atoms with Crippen molar-refractivity contribution in [1.82, 2.24) is 0 Å². The van der Waals surface area contributed by atoms with Gasteiger partial charge in [-0.2, -0.15) is 0 Å². The SMILES string of the molecule is OC1(/C=C/C=C\F)CCCCC1. The molecule has 0 aliphatic heterocycles. The zero-order valence-corrected chi connectivity index (χ0v) is 7.17. The summed E-state index contributed by atoms with van der Waals surface area (Å²) in [6.07, 6.45) is 10.0. The van der Waals surface area contributed by atoms with Crippen LogP contribution in [-0.2, 0) is 0 Å². The van der Waals surface area contributed by atoms with Gasteiger partial charge in [-0.1, -0.05) is 31.4 Å². The van der Waals surface area contributed by atoms with Crippen molar-refractivity contribution in [3.8, 4) is 0 Å². The first kappa shape index (κ1) is 9.46. The monoisotopic (exact) mass is 170 g/mol. The minimum absolute atomic E-state index is 0.475. The van der Waals surface area contributed by atoms with E-state index in [2.05, 4.69) is 0 Å². The molecule has 0 spiro atoms. The van der Waals surface area contributed by atoms with Crippen molar-refractivity contribution in [3.63, 3.8) is 0 Å². The van der Waals surface area contributed by atoms with Crippen LogP contribution in [-0.4, -0.2) is 10.7 Å². The van der Waals surface area contributed by atoms with E-state index < -0.39 is 5.60 Å². The second kappa shape index (κ2) is 4.41. The van der Waals surface area contributed by atoms with Crippen LogP contribution in [0.3, 0.4) is 0 Å². The highest BCUT2D eigenvalue weighted by atomic mass is 19.1. The number of rotatable bonds is 2. The summed E-state index contributed by atoms with van der Waals surface area (Å²) in [6, 6.07) is 0. The van der Waals surface area contributed by atoms with Crippen LogP contribution < -0.4 is 0 Å². The second-order valence-electron chi connectivity index (χ2n) is 3.34. The first-order valence-electron chi connectivity index (χ1n) is 4.44. The number of hydrogen-bond donors (Lipinski definition) is 1. The summed E-state index contributed by atoms with van der Waals surface area (Å²) in [5.74, 6) is 0. The molecular formula is C10H15FO. The molecule has 1 aliphatic rings. The van der Waals surface area contributed by atoms with Crippen LogP contribution in [0, 0.1) is 0 Å². The molecule has 0 aromatic rings. The normalized spacial score (nSPS) is 23.8. The molecule has 0 aromatic carbocycles. The Kier molecular flexibility index (Phi) is 3.48. The molecule has 1 rings (SSSR count). The summed E-state index contributed by atoms with van der Waals surface area (Å²) in [6.45, 7) is 0. The number of aliphatic hydroxyl groups is 1. The summed E-state index contributed by atoms with van der Waals surface area (Å²) < 4.78 is 11.6. The quantitative estimate of drug-likeness (QED) is 0.632. The molecule has 1 nitrogen and oxygen atoms in total. The fraction of sp³-hybridized carbons (Fsp3) is 0.600. The summed E-state index contributed by atoms with van der Waals surface area (Å²) in [4.78, 5) is 0. The molecule has 0 amide bonds. The molecule has 1 fully saturated rings. The Balaban J connectivity index is 2.46. The van der Waals surface area contributed by atoms with Gasteiger partial charge in [-0.15, -0.1) is 0 Å². The molecule has 0 bridgehead atoms. The van der Waals surface area contributed by atoms with E-state index in [4.69, 9.17) is 0 Å². The largest absolute Gasteiger partial charge is 0.386 e. The molecule has 2 heteroatoms. The molecule has 0 heterocycles. The van der Waals surface area contributed by atoms with E-state index in [0.29, 0.717) is 6.33 Å². The number of halogens is 1. The highest BCUT2D eigenvalue weighted by Crippen LogP contribution is 2.28. The van der Waals surface area contributed by atoms with Crippen LogP contribution in [0.15, 0.2) is 24.6 Å². The van der Waals surface area contributed by atoms with E-state index in [-0.39, 0.29) is 0 Å². The average molecular weight is 170 g/mol. The molecule has 1 aliphatic carbocycles. The van der Waals surface area contributed by atoms with E-state index >= 15 is 0 Å². The molecule has 1 saturated carbocycles. The molecular weight excluding hydrogens is 155 g/mol. The van der Waals surface area contributed by atoms with Gasteiger partial charge < -0.3 is 5.11 Å². The number of hydrogen-bond acceptors (Lipinski definition) is 1. The predicted octanol–water partition coefficient (Wildman–Crippen LogP) is 2.72. The van der Waals surface area contributed by atoms with Crippen LogP contribution in [0.2, 0.25) is 0 Å². The number of allylic oxidation sites excluding steroid dienone is 2. The molecule has 0 saturated heterocycles. The van der Waals surface area contributed by atoms with Gasteiger partial charge in [0.05, 0.1) is 11.9 Å². The third-order valence-electron chi connectivity index (χ3n) is 2.31. The lowest BCUT2D eigenvalue weighted by molar-refractivity contribution is 0.0513. The fourth-order valence-electron chi connectivity index (χ4n) is 1.61. The van der Waals surface area contributed by atoms with Gasteiger partial charge in [-0.25, -0.2) is 4.39 Å². The van der Waals surface area contributed by atoms with Gasteiger partial charge in [-0.3, -0.25) is 0 Å². The molecule has 0 unspecified atom stereocenters. The molecule has 12 heavy (non-hydrogen) atoms. The second-order valence-corrected chi connectivity index (χ2v) is 3.34. The molecule has 68 valence electrons. The maximum absolute atomic E-state index is 11.6. The minimum Gasteiger partial charge on any atom is -0.386 e. The van der Waals surface area contributed by atoms with E-state index in [1.165, 1.54) is 12.5 Å². The third-order valence-corrected chi connectivity index (χ3v) is 2.31. The Morgan fingerprint density at radius 3 is 2.33 bits per heavy atom. The van der Waals surface area contributed by atoms with E-state index in [9.17, 15) is 9.50 Å². The smallest absolute Gasteiger partial charge is 0.0866 e. The van der Waals surface area contributed by atoms with E-state index in [1.807, 2.05) is 0 Å². The van der Waals surface area contributed by atoms with Gasteiger partial charge >= 0.3 is 0 Å². The first-order chi connectivity index (χ1) is 5.77. The Bertz CT molecular complexity index is 178. The molecule has 1 N–H and O–H groups in total. The van der Waals surface area contributed by atoms with Crippen LogP contribution in [0.5, 0.6) is 0 Å². The van der Waals surface area contributed by atoms with Crippen molar-refractivity contribution in [2.75, 3.05) is 0 Å². The van der Waals surface area contributed by atoms with Gasteiger partial charge in [0.25, 0.3) is 0 Å². The van der Waals surface area contributed by atoms with Crippen molar-refractivity contribution in [2.45, 2.75) is 37.7 Å². The highest BCUT2D eigenvalue weighted by molar-refractivity contribution is 5.09. The van der Waals surface area contributed by atoms with Crippen LogP contribution in [0.4, 0.5) is 4.39 Å². The van der Waals surface area contributed by atoms with Crippen molar-refractivity contribution < 1.29 is 9.50 Å². The van der Waals surface area contributed by atoms with Crippen molar-refractivity contribution in [1.29, 1.82) is 0 Å². The Labute approximate surface area is 72.6 Å². The summed E-state index contributed by atoms with van der Waals surface area (Å²) in [5.41, 5.74) is -0.669. The van der Waals surface area contributed by atoms with Crippen molar-refractivity contribution in [3.05, 3.63) is 24.6 Å². The molecule has 0 radical (unpaired) electrons. The van der Waals surface area contributed by atoms with Crippen LogP contribution in [0.1, 0.15) is 32.1 Å². The molecule has 0 atom stereocenters. The van der Waals surface area contributed by atoms with Crippen LogP contribution >= 0.6 is 0 Å². The zero-order valence-electron chi connectivity index (χ0n) is 7.17. The summed E-state index contributed by atoms with van der Waals surface area (Å²) in [5, 5.41) is 9.85. The Morgan fingerprint density at radius 1 is 1.08 bits per heavy atom. The van der Waals surface area contributed by atoms with Crippen molar-refractivity contribution in [2.24, 2.45) is 0 Å². The summed E-state index contributed by atoms with van der Waals surface area (Å²) >= 11 is 0. The standard InChI is InChI=1S/C10H15FO/c11-9-5-4-8-10(12)6-2-1-3-7-10/h4-5,8-9,12H,1-3,6-7H2/b8-4+,9-5-. The van der Waals surface area contributed by atoms with E-state index in [1.54, 1.807) is 12.2 Å². The first-order valence-corrected chi connectivity index (χ1v) is 4.44. The zero-order chi connectivity index (χ0) is 8.86. The van der Waals surface area contributed by atoms with Crippen molar-refractivity contribution >= 4 is 0 Å². The summed E-state index contributed by atoms with van der Waals surface area (Å²) in [7, 11) is 0. The highest BCUT2D eigenvalue weighted by Gasteiger charge is 2.25. The van der Waals surface area contributed by atoms with Gasteiger partial charge in [0.2, 0.25) is 0 Å². The van der Waals surface area contributed by atoms with Gasteiger partial charge in [-0.05, 0) is 18.9 Å². The fourth-order valence-corrected chi connectivity index (χ4v) is 1.61. The maximum Gasteiger partial charge on any atom is 0.0866 e. The van der Waals surface area contributed by atoms with Crippen LogP contribution in [0.25, 0.3) is 0 Å². The lowest BCUT2D eigenvalue weighted by Gasteiger charge is -2.28. The Morgan fingerprint density at radius 2 is 1.75 bits per heavy atom. The van der Waals surface area contributed by atoms with Gasteiger partial charge in [0.1, 0.15) is 0 Å². The van der Waals surface area contributed by atoms with Gasteiger partial charge in [0, 0.05) is 0 Å². The third kappa shape index (κ3) is 2.78. The van der Waals surface area contributed by atoms with Gasteiger partial charge in [0.15, 0.2) is 0 Å². The lowest BCUT2D eigenvalue weighted by Crippen LogP contribution is -2.28. The average Bonchev–Trinajstić information content (AvgIpc) is 2.06. The molecule has 0 aromatic heterocycles. The van der Waals surface area contributed by atoms with E-state index in [0.717, 1.165) is 25.7 Å².